The highest BCUT2D eigenvalue weighted by Crippen LogP contribution is 2.22. The van der Waals surface area contributed by atoms with Crippen LogP contribution in [0.15, 0.2) is 47.4 Å². The van der Waals surface area contributed by atoms with Crippen molar-refractivity contribution in [1.29, 1.82) is 0 Å². The van der Waals surface area contributed by atoms with E-state index in [9.17, 15) is 18.0 Å². The molecular weight excluding hydrogens is 380 g/mol. The average molecular weight is 404 g/mol. The van der Waals surface area contributed by atoms with Crippen molar-refractivity contribution in [3.63, 3.8) is 0 Å². The number of hydrogen-bond donors (Lipinski definition) is 1. The molecule has 0 spiro atoms. The van der Waals surface area contributed by atoms with Crippen LogP contribution in [0, 0.1) is 6.92 Å². The topological polar surface area (TPSA) is 92.8 Å². The summed E-state index contributed by atoms with van der Waals surface area (Å²) in [6, 6.07) is 11.1. The third-order valence-electron chi connectivity index (χ3n) is 4.13. The van der Waals surface area contributed by atoms with Gasteiger partial charge in [-0.25, -0.2) is 12.7 Å². The average Bonchev–Trinajstić information content (AvgIpc) is 2.67. The molecule has 2 aromatic carbocycles. The molecule has 0 saturated carbocycles. The number of benzene rings is 2. The molecule has 0 saturated heterocycles. The van der Waals surface area contributed by atoms with Gasteiger partial charge in [0.1, 0.15) is 5.75 Å². The van der Waals surface area contributed by atoms with Gasteiger partial charge in [0.2, 0.25) is 10.0 Å². The molecule has 2 aromatic rings. The maximum absolute atomic E-state index is 12.3. The summed E-state index contributed by atoms with van der Waals surface area (Å²) < 4.78 is 31.1. The van der Waals surface area contributed by atoms with Crippen LogP contribution in [0.3, 0.4) is 0 Å². The molecule has 0 aliphatic heterocycles. The van der Waals surface area contributed by atoms with Gasteiger partial charge in [-0.15, -0.1) is 0 Å². The summed E-state index contributed by atoms with van der Waals surface area (Å²) in [5.41, 5.74) is 1.72. The number of nitrogens with one attached hydrogen (secondary N) is 1. The number of carbonyl (C=O) groups excluding carboxylic acids is 2. The molecule has 0 fully saturated rings. The van der Waals surface area contributed by atoms with Crippen molar-refractivity contribution in [2.45, 2.75) is 25.2 Å². The summed E-state index contributed by atoms with van der Waals surface area (Å²) in [5.74, 6) is 0.0759. The summed E-state index contributed by atoms with van der Waals surface area (Å²) in [7, 11) is -0.707. The second-order valence-electron chi connectivity index (χ2n) is 6.40. The number of aryl methyl sites for hydroxylation is 1. The van der Waals surface area contributed by atoms with Crippen LogP contribution >= 0.6 is 0 Å². The van der Waals surface area contributed by atoms with Gasteiger partial charge in [0.05, 0.1) is 4.90 Å². The second-order valence-corrected chi connectivity index (χ2v) is 8.55. The van der Waals surface area contributed by atoms with E-state index in [2.05, 4.69) is 5.32 Å². The molecule has 0 unspecified atom stereocenters. The number of sulfonamides is 1. The van der Waals surface area contributed by atoms with E-state index in [1.165, 1.54) is 26.2 Å². The van der Waals surface area contributed by atoms with Crippen LogP contribution in [-0.4, -0.2) is 45.1 Å². The zero-order valence-electron chi connectivity index (χ0n) is 16.4. The first-order chi connectivity index (χ1) is 13.1. The Hall–Kier alpha value is -2.71. The van der Waals surface area contributed by atoms with Crippen LogP contribution in [0.5, 0.6) is 5.75 Å². The minimum Gasteiger partial charge on any atom is -0.484 e. The molecule has 150 valence electrons. The predicted octanol–water partition coefficient (Wildman–Crippen LogP) is 2.86. The molecule has 8 heteroatoms. The summed E-state index contributed by atoms with van der Waals surface area (Å²) in [6.07, 6.45) is 0.421. The Balaban J connectivity index is 2.04. The molecule has 0 aliphatic rings. The molecule has 7 nitrogen and oxygen atoms in total. The minimum absolute atomic E-state index is 0.0346. The number of hydrogen-bond acceptors (Lipinski definition) is 5. The predicted molar refractivity (Wildman–Crippen MR) is 107 cm³/mol. The number of carbonyl (C=O) groups is 2. The Morgan fingerprint density at radius 2 is 1.71 bits per heavy atom. The zero-order chi connectivity index (χ0) is 20.9. The van der Waals surface area contributed by atoms with E-state index in [0.29, 0.717) is 23.4 Å². The summed E-state index contributed by atoms with van der Waals surface area (Å²) in [6.45, 7) is 3.31. The van der Waals surface area contributed by atoms with E-state index in [0.717, 1.165) is 9.87 Å². The Labute approximate surface area is 165 Å². The number of ether oxygens (including phenoxy) is 1. The third kappa shape index (κ3) is 5.17. The van der Waals surface area contributed by atoms with Gasteiger partial charge in [-0.05, 0) is 48.9 Å². The van der Waals surface area contributed by atoms with Gasteiger partial charge < -0.3 is 10.1 Å². The highest BCUT2D eigenvalue weighted by molar-refractivity contribution is 7.89. The molecule has 0 atom stereocenters. The number of Topliss-reactive ketones (excluding diaryl/α,β-unsaturated/α-hetero) is 1. The van der Waals surface area contributed by atoms with Crippen molar-refractivity contribution in [3.8, 4) is 5.75 Å². The van der Waals surface area contributed by atoms with E-state index in [-0.39, 0.29) is 17.3 Å². The summed E-state index contributed by atoms with van der Waals surface area (Å²) >= 11 is 0. The quantitative estimate of drug-likeness (QED) is 0.683. The molecule has 0 bridgehead atoms. The van der Waals surface area contributed by atoms with Gasteiger partial charge in [0, 0.05) is 31.8 Å². The van der Waals surface area contributed by atoms with Gasteiger partial charge in [0.15, 0.2) is 12.4 Å². The number of ketones is 1. The fraction of sp³-hybridized carbons (Fsp3) is 0.300. The number of nitrogens with zero attached hydrogens (tertiary/aromatic N) is 1. The van der Waals surface area contributed by atoms with Crippen LogP contribution in [-0.2, 0) is 14.8 Å². The smallest absolute Gasteiger partial charge is 0.262 e. The standard InChI is InChI=1S/C20H24N2O5S/c1-5-19(23)15-7-9-16(10-8-15)27-13-20(24)21-18-12-17(11-6-14(18)2)28(25,26)22(3)4/h6-12H,5,13H2,1-4H3,(H,21,24). The first-order valence-electron chi connectivity index (χ1n) is 8.74. The Morgan fingerprint density at radius 1 is 1.07 bits per heavy atom. The minimum atomic E-state index is -3.60. The van der Waals surface area contributed by atoms with Crippen molar-refractivity contribution < 1.29 is 22.7 Å². The lowest BCUT2D eigenvalue weighted by atomic mass is 10.1. The molecule has 28 heavy (non-hydrogen) atoms. The van der Waals surface area contributed by atoms with E-state index in [4.69, 9.17) is 4.74 Å². The molecule has 0 radical (unpaired) electrons. The largest absolute Gasteiger partial charge is 0.484 e. The van der Waals surface area contributed by atoms with Crippen molar-refractivity contribution in [2.24, 2.45) is 0 Å². The summed E-state index contributed by atoms with van der Waals surface area (Å²) in [4.78, 5) is 23.9. The zero-order valence-corrected chi connectivity index (χ0v) is 17.2. The molecule has 0 heterocycles. The highest BCUT2D eigenvalue weighted by Gasteiger charge is 2.18. The molecular formula is C20H24N2O5S. The SMILES string of the molecule is CCC(=O)c1ccc(OCC(=O)Nc2cc(S(=O)(=O)N(C)C)ccc2C)cc1. The highest BCUT2D eigenvalue weighted by atomic mass is 32.2. The van der Waals surface area contributed by atoms with Crippen molar-refractivity contribution >= 4 is 27.4 Å². The number of rotatable bonds is 8. The fourth-order valence-electron chi connectivity index (χ4n) is 2.38. The van der Waals surface area contributed by atoms with E-state index < -0.39 is 15.9 Å². The molecule has 0 aliphatic carbocycles. The van der Waals surface area contributed by atoms with Gasteiger partial charge >= 0.3 is 0 Å². The molecule has 2 rings (SSSR count). The van der Waals surface area contributed by atoms with Crippen LogP contribution in [0.25, 0.3) is 0 Å². The van der Waals surface area contributed by atoms with Gasteiger partial charge in [-0.3, -0.25) is 9.59 Å². The second kappa shape index (κ2) is 8.99. The van der Waals surface area contributed by atoms with E-state index >= 15 is 0 Å². The lowest BCUT2D eigenvalue weighted by Gasteiger charge is -2.14. The Bertz CT molecular complexity index is 967. The maximum atomic E-state index is 12.3. The van der Waals surface area contributed by atoms with E-state index in [1.54, 1.807) is 44.2 Å². The van der Waals surface area contributed by atoms with Gasteiger partial charge in [0.25, 0.3) is 5.91 Å². The van der Waals surface area contributed by atoms with Gasteiger partial charge in [-0.1, -0.05) is 13.0 Å². The van der Waals surface area contributed by atoms with Crippen LogP contribution in [0.4, 0.5) is 5.69 Å². The first kappa shape index (κ1) is 21.6. The number of amides is 1. The first-order valence-corrected chi connectivity index (χ1v) is 10.2. The molecule has 1 amide bonds. The van der Waals surface area contributed by atoms with Crippen molar-refractivity contribution in [3.05, 3.63) is 53.6 Å². The molecule has 0 aromatic heterocycles. The normalized spacial score (nSPS) is 11.3. The van der Waals surface area contributed by atoms with Gasteiger partial charge in [-0.2, -0.15) is 0 Å². The van der Waals surface area contributed by atoms with Crippen LogP contribution < -0.4 is 10.1 Å². The lowest BCUT2D eigenvalue weighted by Crippen LogP contribution is -2.23. The van der Waals surface area contributed by atoms with Crippen molar-refractivity contribution in [2.75, 3.05) is 26.0 Å². The monoisotopic (exact) mass is 404 g/mol. The summed E-state index contributed by atoms with van der Waals surface area (Å²) in [5, 5.41) is 2.67. The van der Waals surface area contributed by atoms with E-state index in [1.807, 2.05) is 0 Å². The van der Waals surface area contributed by atoms with Crippen LogP contribution in [0.1, 0.15) is 29.3 Å². The maximum Gasteiger partial charge on any atom is 0.262 e. The lowest BCUT2D eigenvalue weighted by molar-refractivity contribution is -0.118. The Morgan fingerprint density at radius 3 is 2.29 bits per heavy atom. The third-order valence-corrected chi connectivity index (χ3v) is 5.94. The van der Waals surface area contributed by atoms with Crippen molar-refractivity contribution in [1.82, 2.24) is 4.31 Å². The fourth-order valence-corrected chi connectivity index (χ4v) is 3.31. The molecule has 1 N–H and O–H groups in total. The Kier molecular flexibility index (Phi) is 6.93. The number of anilines is 1. The van der Waals surface area contributed by atoms with Crippen LogP contribution in [0.2, 0.25) is 0 Å².